The van der Waals surface area contributed by atoms with E-state index in [2.05, 4.69) is 10.6 Å². The molecule has 3 heterocycles. The zero-order chi connectivity index (χ0) is 23.3. The fraction of sp³-hybridized carbons (Fsp3) is 0.375. The molecular formula is C24H24ClN3O5. The number of benzene rings is 2. The first-order chi connectivity index (χ1) is 15.9. The Morgan fingerprint density at radius 2 is 1.85 bits per heavy atom. The van der Waals surface area contributed by atoms with E-state index in [-0.39, 0.29) is 12.5 Å². The predicted octanol–water partition coefficient (Wildman–Crippen LogP) is 1.83. The van der Waals surface area contributed by atoms with Crippen LogP contribution in [0.4, 0.5) is 5.69 Å². The Hall–Kier alpha value is -2.78. The van der Waals surface area contributed by atoms with Gasteiger partial charge >= 0.3 is 0 Å². The van der Waals surface area contributed by atoms with Gasteiger partial charge < -0.3 is 15.2 Å². The van der Waals surface area contributed by atoms with Gasteiger partial charge in [0, 0.05) is 36.5 Å². The van der Waals surface area contributed by atoms with Crippen molar-refractivity contribution in [1.82, 2.24) is 10.2 Å². The highest BCUT2D eigenvalue weighted by atomic mass is 35.5. The van der Waals surface area contributed by atoms with Crippen LogP contribution in [-0.2, 0) is 24.7 Å². The summed E-state index contributed by atoms with van der Waals surface area (Å²) in [6, 6.07) is 12.9. The maximum Gasteiger partial charge on any atom is 0.250 e. The summed E-state index contributed by atoms with van der Waals surface area (Å²) in [5.74, 6) is -3.07. The molecule has 2 aromatic rings. The molecule has 5 rings (SSSR count). The summed E-state index contributed by atoms with van der Waals surface area (Å²) in [7, 11) is 1.56. The van der Waals surface area contributed by atoms with Gasteiger partial charge in [0.1, 0.15) is 5.54 Å². The Morgan fingerprint density at radius 3 is 2.58 bits per heavy atom. The topological polar surface area (TPSA) is 108 Å². The number of fused-ring (bicyclic) bond motifs is 4. The summed E-state index contributed by atoms with van der Waals surface area (Å²) in [6.45, 7) is 0.595. The number of nitrogens with one attached hydrogen (secondary N) is 2. The standard InChI is InChI=1S/C24H24ClN3O5/c1-33-12-4-11-28-21(30)17-18(22(28)31)24(15-5-2-3-6-16(15)26-23(24)32)27-19(17)20(29)13-7-9-14(25)10-8-13/h2-3,5-10,17-20,27,29H,4,11-12H2,1H3,(H,26,32)/t17-,18+,19+,20-,24-/m1/s1. The Bertz CT molecular complexity index is 1120. The van der Waals surface area contributed by atoms with Crippen molar-refractivity contribution in [3.05, 3.63) is 64.7 Å². The van der Waals surface area contributed by atoms with E-state index in [9.17, 15) is 19.5 Å². The number of methoxy groups -OCH3 is 1. The molecule has 3 aliphatic heterocycles. The molecular weight excluding hydrogens is 446 g/mol. The van der Waals surface area contributed by atoms with Crippen LogP contribution >= 0.6 is 11.6 Å². The van der Waals surface area contributed by atoms with Crippen LogP contribution in [-0.4, -0.2) is 54.0 Å². The predicted molar refractivity (Wildman–Crippen MR) is 120 cm³/mol. The Morgan fingerprint density at radius 1 is 1.12 bits per heavy atom. The van der Waals surface area contributed by atoms with Crippen LogP contribution in [0.3, 0.4) is 0 Å². The molecule has 0 bridgehead atoms. The van der Waals surface area contributed by atoms with E-state index in [4.69, 9.17) is 16.3 Å². The lowest BCUT2D eigenvalue weighted by Crippen LogP contribution is -2.54. The van der Waals surface area contributed by atoms with E-state index >= 15 is 0 Å². The largest absolute Gasteiger partial charge is 0.387 e. The van der Waals surface area contributed by atoms with Gasteiger partial charge in [0.15, 0.2) is 0 Å². The molecule has 172 valence electrons. The van der Waals surface area contributed by atoms with Crippen LogP contribution in [0.15, 0.2) is 48.5 Å². The number of carbonyl (C=O) groups excluding carboxylic acids is 3. The van der Waals surface area contributed by atoms with Crippen molar-refractivity contribution in [2.75, 3.05) is 25.6 Å². The average Bonchev–Trinajstić information content (AvgIpc) is 3.40. The summed E-state index contributed by atoms with van der Waals surface area (Å²) in [5.41, 5.74) is 0.295. The molecule has 2 saturated heterocycles. The number of hydrogen-bond acceptors (Lipinski definition) is 6. The van der Waals surface area contributed by atoms with Crippen LogP contribution in [0.1, 0.15) is 23.7 Å². The van der Waals surface area contributed by atoms with Gasteiger partial charge in [0.05, 0.1) is 24.0 Å². The molecule has 2 aromatic carbocycles. The number of likely N-dealkylation sites (tertiary alicyclic amines) is 1. The van der Waals surface area contributed by atoms with Crippen molar-refractivity contribution in [2.24, 2.45) is 11.8 Å². The molecule has 3 amide bonds. The highest BCUT2D eigenvalue weighted by molar-refractivity contribution is 6.30. The Labute approximate surface area is 195 Å². The molecule has 3 aliphatic rings. The number of anilines is 1. The number of nitrogens with zero attached hydrogens (tertiary/aromatic N) is 1. The number of hydrogen-bond donors (Lipinski definition) is 3. The quantitative estimate of drug-likeness (QED) is 0.440. The number of para-hydroxylation sites is 1. The lowest BCUT2D eigenvalue weighted by Gasteiger charge is -2.30. The van der Waals surface area contributed by atoms with Crippen molar-refractivity contribution < 1.29 is 24.2 Å². The second-order valence-electron chi connectivity index (χ2n) is 8.65. The number of halogens is 1. The minimum Gasteiger partial charge on any atom is -0.387 e. The molecule has 0 aromatic heterocycles. The van der Waals surface area contributed by atoms with Crippen molar-refractivity contribution in [3.8, 4) is 0 Å². The van der Waals surface area contributed by atoms with Crippen LogP contribution in [0.5, 0.6) is 0 Å². The zero-order valence-electron chi connectivity index (χ0n) is 18.0. The summed E-state index contributed by atoms with van der Waals surface area (Å²) in [5, 5.41) is 17.9. The molecule has 0 unspecified atom stereocenters. The summed E-state index contributed by atoms with van der Waals surface area (Å²) in [4.78, 5) is 41.7. The van der Waals surface area contributed by atoms with Gasteiger partial charge in [-0.2, -0.15) is 0 Å². The number of imide groups is 1. The molecule has 9 heteroatoms. The number of aliphatic hydroxyl groups is 1. The number of aliphatic hydroxyl groups excluding tert-OH is 1. The molecule has 8 nitrogen and oxygen atoms in total. The highest BCUT2D eigenvalue weighted by Crippen LogP contribution is 2.54. The fourth-order valence-corrected chi connectivity index (χ4v) is 5.60. The molecule has 0 saturated carbocycles. The molecule has 5 atom stereocenters. The average molecular weight is 470 g/mol. The van der Waals surface area contributed by atoms with Crippen LogP contribution in [0, 0.1) is 11.8 Å². The number of rotatable bonds is 6. The molecule has 1 spiro atoms. The summed E-state index contributed by atoms with van der Waals surface area (Å²) in [6.07, 6.45) is -0.647. The maximum atomic E-state index is 13.6. The molecule has 0 aliphatic carbocycles. The second kappa shape index (κ2) is 8.22. The smallest absolute Gasteiger partial charge is 0.250 e. The van der Waals surface area contributed by atoms with Gasteiger partial charge in [0.2, 0.25) is 17.7 Å². The van der Waals surface area contributed by atoms with Gasteiger partial charge in [-0.1, -0.05) is 41.9 Å². The maximum absolute atomic E-state index is 13.6. The normalized spacial score (nSPS) is 28.9. The van der Waals surface area contributed by atoms with E-state index in [0.29, 0.717) is 34.9 Å². The third kappa shape index (κ3) is 3.20. The molecule has 2 fully saturated rings. The van der Waals surface area contributed by atoms with Crippen LogP contribution in [0.25, 0.3) is 0 Å². The van der Waals surface area contributed by atoms with E-state index in [1.165, 1.54) is 4.90 Å². The minimum atomic E-state index is -1.44. The van der Waals surface area contributed by atoms with Gasteiger partial charge in [-0.25, -0.2) is 0 Å². The van der Waals surface area contributed by atoms with Crippen molar-refractivity contribution in [3.63, 3.8) is 0 Å². The molecule has 33 heavy (non-hydrogen) atoms. The number of amides is 3. The van der Waals surface area contributed by atoms with Crippen LogP contribution in [0.2, 0.25) is 5.02 Å². The third-order valence-electron chi connectivity index (χ3n) is 6.93. The zero-order valence-corrected chi connectivity index (χ0v) is 18.7. The van der Waals surface area contributed by atoms with E-state index < -0.39 is 41.3 Å². The van der Waals surface area contributed by atoms with E-state index in [1.54, 1.807) is 55.6 Å². The Kier molecular flexibility index (Phi) is 5.49. The lowest BCUT2D eigenvalue weighted by atomic mass is 9.76. The first-order valence-electron chi connectivity index (χ1n) is 10.9. The molecule has 3 N–H and O–H groups in total. The number of carbonyl (C=O) groups is 3. The van der Waals surface area contributed by atoms with E-state index in [0.717, 1.165) is 0 Å². The lowest BCUT2D eigenvalue weighted by molar-refractivity contribution is -0.143. The van der Waals surface area contributed by atoms with Gasteiger partial charge in [-0.05, 0) is 30.2 Å². The van der Waals surface area contributed by atoms with Crippen molar-refractivity contribution >= 4 is 35.0 Å². The highest BCUT2D eigenvalue weighted by Gasteiger charge is 2.71. The van der Waals surface area contributed by atoms with Crippen molar-refractivity contribution in [1.29, 1.82) is 0 Å². The van der Waals surface area contributed by atoms with Gasteiger partial charge in [-0.15, -0.1) is 0 Å². The molecule has 0 radical (unpaired) electrons. The minimum absolute atomic E-state index is 0.196. The summed E-state index contributed by atoms with van der Waals surface area (Å²) < 4.78 is 5.07. The van der Waals surface area contributed by atoms with Crippen molar-refractivity contribution in [2.45, 2.75) is 24.1 Å². The van der Waals surface area contributed by atoms with E-state index in [1.807, 2.05) is 0 Å². The SMILES string of the molecule is COCCCN1C(=O)[C@H]2[C@@H]([C@H](O)c3ccc(Cl)cc3)N[C@@]3(C(=O)Nc4ccccc43)[C@@H]2C1=O. The first kappa shape index (κ1) is 22.0. The monoisotopic (exact) mass is 469 g/mol. The van der Waals surface area contributed by atoms with Crippen LogP contribution < -0.4 is 10.6 Å². The first-order valence-corrected chi connectivity index (χ1v) is 11.2. The fourth-order valence-electron chi connectivity index (χ4n) is 5.47. The Balaban J connectivity index is 1.60. The summed E-state index contributed by atoms with van der Waals surface area (Å²) >= 11 is 5.99. The van der Waals surface area contributed by atoms with Gasteiger partial charge in [0.25, 0.3) is 0 Å². The van der Waals surface area contributed by atoms with Gasteiger partial charge in [-0.3, -0.25) is 24.6 Å². The number of ether oxygens (including phenoxy) is 1. The second-order valence-corrected chi connectivity index (χ2v) is 9.09. The third-order valence-corrected chi connectivity index (χ3v) is 7.18.